The second-order valence-electron chi connectivity index (χ2n) is 5.47. The molecule has 0 radical (unpaired) electrons. The fourth-order valence-corrected chi connectivity index (χ4v) is 4.34. The van der Waals surface area contributed by atoms with Crippen LogP contribution in [0.25, 0.3) is 0 Å². The van der Waals surface area contributed by atoms with Crippen LogP contribution >= 0.6 is 15.9 Å². The Morgan fingerprint density at radius 2 is 1.71 bits per heavy atom. The van der Waals surface area contributed by atoms with Crippen molar-refractivity contribution in [1.82, 2.24) is 9.21 Å². The Morgan fingerprint density at radius 3 is 2.19 bits per heavy atom. The zero-order chi connectivity index (χ0) is 15.5. The van der Waals surface area contributed by atoms with Gasteiger partial charge in [0.15, 0.2) is 0 Å². The highest BCUT2D eigenvalue weighted by Crippen LogP contribution is 2.20. The molecule has 21 heavy (non-hydrogen) atoms. The van der Waals surface area contributed by atoms with Gasteiger partial charge in [0.1, 0.15) is 0 Å². The third-order valence-corrected chi connectivity index (χ3v) is 6.76. The summed E-state index contributed by atoms with van der Waals surface area (Å²) in [5.74, 6) is 0. The van der Waals surface area contributed by atoms with Gasteiger partial charge in [-0.25, -0.2) is 8.42 Å². The molecule has 1 unspecified atom stereocenters. The fourth-order valence-electron chi connectivity index (χ4n) is 2.54. The zero-order valence-electron chi connectivity index (χ0n) is 12.6. The number of rotatable bonds is 5. The topological polar surface area (TPSA) is 40.6 Å². The molecule has 1 atom stereocenters. The fraction of sp³-hybridized carbons (Fsp3) is 0.600. The molecule has 1 aromatic carbocycles. The smallest absolute Gasteiger partial charge is 0.243 e. The molecule has 1 saturated heterocycles. The summed E-state index contributed by atoms with van der Waals surface area (Å²) in [5, 5.41) is 0.737. The normalized spacial score (nSPS) is 19.6. The minimum absolute atomic E-state index is 0.393. The second-order valence-corrected chi connectivity index (χ2v) is 7.97. The van der Waals surface area contributed by atoms with Crippen molar-refractivity contribution >= 4 is 26.0 Å². The van der Waals surface area contributed by atoms with Gasteiger partial charge in [0.2, 0.25) is 10.0 Å². The first-order valence-electron chi connectivity index (χ1n) is 7.38. The van der Waals surface area contributed by atoms with E-state index in [-0.39, 0.29) is 0 Å². The lowest BCUT2D eigenvalue weighted by atomic mass is 10.2. The Balaban J connectivity index is 2.07. The lowest BCUT2D eigenvalue weighted by molar-refractivity contribution is 0.142. The molecule has 0 bridgehead atoms. The van der Waals surface area contributed by atoms with Crippen molar-refractivity contribution in [2.24, 2.45) is 0 Å². The molecule has 0 saturated carbocycles. The minimum Gasteiger partial charge on any atom is -0.298 e. The number of nitrogens with zero attached hydrogens (tertiary/aromatic N) is 2. The molecule has 1 aliphatic heterocycles. The summed E-state index contributed by atoms with van der Waals surface area (Å²) in [6.07, 6.45) is 1.10. The van der Waals surface area contributed by atoms with E-state index in [4.69, 9.17) is 0 Å². The molecule has 118 valence electrons. The molecular formula is C15H23BrN2O2S. The number of hydrogen-bond donors (Lipinski definition) is 0. The lowest BCUT2D eigenvalue weighted by Crippen LogP contribution is -2.51. The van der Waals surface area contributed by atoms with Crippen LogP contribution in [0, 0.1) is 0 Å². The molecule has 2 rings (SSSR count). The Bertz CT molecular complexity index is 552. The van der Waals surface area contributed by atoms with Crippen molar-refractivity contribution in [2.75, 3.05) is 26.2 Å². The molecule has 0 amide bonds. The minimum atomic E-state index is -3.35. The van der Waals surface area contributed by atoms with E-state index >= 15 is 0 Å². The molecule has 6 heteroatoms. The second kappa shape index (κ2) is 7.22. The van der Waals surface area contributed by atoms with Gasteiger partial charge in [-0.2, -0.15) is 4.31 Å². The van der Waals surface area contributed by atoms with Gasteiger partial charge in [-0.1, -0.05) is 35.0 Å². The standard InChI is InChI=1S/C15H23BrN2O2S/c1-3-13(2)17-8-10-18(11-9-17)21(19,20)15-6-4-14(12-16)5-7-15/h4-7,13H,3,8-12H2,1-2H3. The Morgan fingerprint density at radius 1 is 1.14 bits per heavy atom. The molecule has 1 fully saturated rings. The van der Waals surface area contributed by atoms with Crippen molar-refractivity contribution in [2.45, 2.75) is 36.5 Å². The van der Waals surface area contributed by atoms with Crippen LogP contribution in [0.5, 0.6) is 0 Å². The Labute approximate surface area is 136 Å². The van der Waals surface area contributed by atoms with E-state index in [0.717, 1.165) is 30.4 Å². The van der Waals surface area contributed by atoms with Crippen LogP contribution in [0.3, 0.4) is 0 Å². The van der Waals surface area contributed by atoms with Gasteiger partial charge < -0.3 is 0 Å². The van der Waals surface area contributed by atoms with E-state index in [9.17, 15) is 8.42 Å². The number of sulfonamides is 1. The summed E-state index contributed by atoms with van der Waals surface area (Å²) in [5.41, 5.74) is 1.08. The molecule has 0 spiro atoms. The first kappa shape index (κ1) is 16.9. The van der Waals surface area contributed by atoms with E-state index in [0.29, 0.717) is 24.0 Å². The van der Waals surface area contributed by atoms with Gasteiger partial charge in [0.05, 0.1) is 4.90 Å². The predicted molar refractivity (Wildman–Crippen MR) is 89.2 cm³/mol. The van der Waals surface area contributed by atoms with Crippen molar-refractivity contribution in [1.29, 1.82) is 0 Å². The van der Waals surface area contributed by atoms with Crippen LogP contribution in [0.4, 0.5) is 0 Å². The van der Waals surface area contributed by atoms with E-state index < -0.39 is 10.0 Å². The first-order valence-corrected chi connectivity index (χ1v) is 9.94. The van der Waals surface area contributed by atoms with Crippen molar-refractivity contribution < 1.29 is 8.42 Å². The predicted octanol–water partition coefficient (Wildman–Crippen LogP) is 2.69. The lowest BCUT2D eigenvalue weighted by Gasteiger charge is -2.37. The number of benzene rings is 1. The quantitative estimate of drug-likeness (QED) is 0.743. The summed E-state index contributed by atoms with van der Waals surface area (Å²) >= 11 is 3.37. The van der Waals surface area contributed by atoms with Gasteiger partial charge in [0.25, 0.3) is 0 Å². The largest absolute Gasteiger partial charge is 0.298 e. The molecule has 0 N–H and O–H groups in total. The van der Waals surface area contributed by atoms with Gasteiger partial charge in [-0.15, -0.1) is 0 Å². The van der Waals surface area contributed by atoms with Gasteiger partial charge in [-0.05, 0) is 31.0 Å². The third kappa shape index (κ3) is 3.86. The van der Waals surface area contributed by atoms with Gasteiger partial charge in [0, 0.05) is 37.6 Å². The molecule has 1 heterocycles. The number of alkyl halides is 1. The summed E-state index contributed by atoms with van der Waals surface area (Å²) < 4.78 is 26.9. The van der Waals surface area contributed by atoms with Gasteiger partial charge in [-0.3, -0.25) is 4.90 Å². The molecular weight excluding hydrogens is 352 g/mol. The van der Waals surface area contributed by atoms with Crippen LogP contribution in [-0.4, -0.2) is 49.8 Å². The number of halogens is 1. The molecule has 4 nitrogen and oxygen atoms in total. The van der Waals surface area contributed by atoms with Crippen LogP contribution in [0.2, 0.25) is 0 Å². The third-order valence-electron chi connectivity index (χ3n) is 4.20. The molecule has 0 aliphatic carbocycles. The van der Waals surface area contributed by atoms with Crippen molar-refractivity contribution in [3.63, 3.8) is 0 Å². The van der Waals surface area contributed by atoms with E-state index in [1.807, 2.05) is 12.1 Å². The van der Waals surface area contributed by atoms with Crippen LogP contribution in [0.1, 0.15) is 25.8 Å². The molecule has 0 aromatic heterocycles. The Hall–Kier alpha value is -0.430. The van der Waals surface area contributed by atoms with Gasteiger partial charge >= 0.3 is 0 Å². The van der Waals surface area contributed by atoms with Crippen LogP contribution in [-0.2, 0) is 15.4 Å². The molecule has 1 aromatic rings. The average molecular weight is 375 g/mol. The summed E-state index contributed by atoms with van der Waals surface area (Å²) in [7, 11) is -3.35. The summed E-state index contributed by atoms with van der Waals surface area (Å²) in [4.78, 5) is 2.75. The molecule has 1 aliphatic rings. The van der Waals surface area contributed by atoms with Crippen molar-refractivity contribution in [3.05, 3.63) is 29.8 Å². The number of hydrogen-bond acceptors (Lipinski definition) is 3. The highest BCUT2D eigenvalue weighted by atomic mass is 79.9. The Kier molecular flexibility index (Phi) is 5.82. The first-order chi connectivity index (χ1) is 9.98. The maximum atomic E-state index is 12.6. The zero-order valence-corrected chi connectivity index (χ0v) is 15.0. The van der Waals surface area contributed by atoms with Crippen molar-refractivity contribution in [3.8, 4) is 0 Å². The maximum absolute atomic E-state index is 12.6. The van der Waals surface area contributed by atoms with Crippen LogP contribution in [0.15, 0.2) is 29.2 Å². The summed E-state index contributed by atoms with van der Waals surface area (Å²) in [6.45, 7) is 7.14. The van der Waals surface area contributed by atoms with E-state index in [1.165, 1.54) is 0 Å². The average Bonchev–Trinajstić information content (AvgIpc) is 2.54. The monoisotopic (exact) mass is 374 g/mol. The van der Waals surface area contributed by atoms with E-state index in [2.05, 4.69) is 34.7 Å². The SMILES string of the molecule is CCC(C)N1CCN(S(=O)(=O)c2ccc(CBr)cc2)CC1. The number of piperazine rings is 1. The highest BCUT2D eigenvalue weighted by Gasteiger charge is 2.29. The van der Waals surface area contributed by atoms with E-state index in [1.54, 1.807) is 16.4 Å². The maximum Gasteiger partial charge on any atom is 0.243 e. The van der Waals surface area contributed by atoms with Crippen LogP contribution < -0.4 is 0 Å². The highest BCUT2D eigenvalue weighted by molar-refractivity contribution is 9.08. The summed E-state index contributed by atoms with van der Waals surface area (Å²) in [6, 6.07) is 7.64.